The van der Waals surface area contributed by atoms with Crippen molar-refractivity contribution in [2.24, 2.45) is 5.92 Å². The molecule has 4 heteroatoms. The molecule has 1 saturated heterocycles. The van der Waals surface area contributed by atoms with E-state index in [1.807, 2.05) is 13.8 Å². The Morgan fingerprint density at radius 1 is 1.50 bits per heavy atom. The zero-order valence-electron chi connectivity index (χ0n) is 7.33. The predicted molar refractivity (Wildman–Crippen MR) is 44.6 cm³/mol. The summed E-state index contributed by atoms with van der Waals surface area (Å²) in [6, 6.07) is -0.245. The summed E-state index contributed by atoms with van der Waals surface area (Å²) >= 11 is 0. The summed E-state index contributed by atoms with van der Waals surface area (Å²) in [5.41, 5.74) is 0. The lowest BCUT2D eigenvalue weighted by atomic mass is 9.96. The fourth-order valence-corrected chi connectivity index (χ4v) is 1.50. The molecule has 1 rings (SSSR count). The molecule has 0 spiro atoms. The van der Waals surface area contributed by atoms with Crippen molar-refractivity contribution in [3.05, 3.63) is 0 Å². The van der Waals surface area contributed by atoms with Crippen LogP contribution in [0.15, 0.2) is 0 Å². The maximum absolute atomic E-state index is 11.1. The van der Waals surface area contributed by atoms with Gasteiger partial charge in [-0.15, -0.1) is 0 Å². The van der Waals surface area contributed by atoms with Gasteiger partial charge in [0, 0.05) is 12.7 Å². The van der Waals surface area contributed by atoms with Crippen molar-refractivity contribution in [1.29, 1.82) is 0 Å². The molecule has 2 N–H and O–H groups in total. The van der Waals surface area contributed by atoms with E-state index in [1.54, 1.807) is 0 Å². The normalized spacial score (nSPS) is 29.2. The van der Waals surface area contributed by atoms with Crippen LogP contribution in [0, 0.1) is 5.92 Å². The largest absolute Gasteiger partial charge is 0.299 e. The van der Waals surface area contributed by atoms with Crippen molar-refractivity contribution in [2.45, 2.75) is 25.9 Å². The third-order valence-corrected chi connectivity index (χ3v) is 2.16. The van der Waals surface area contributed by atoms with Crippen molar-refractivity contribution in [2.75, 3.05) is 6.67 Å². The highest BCUT2D eigenvalue weighted by molar-refractivity contribution is 6.27. The molecule has 0 aromatic carbocycles. The Morgan fingerprint density at radius 2 is 2.17 bits per heavy atom. The molecule has 1 aliphatic heterocycles. The highest BCUT2D eigenvalue weighted by Gasteiger charge is 2.33. The third-order valence-electron chi connectivity index (χ3n) is 2.16. The highest BCUT2D eigenvalue weighted by Crippen LogP contribution is 2.10. The van der Waals surface area contributed by atoms with E-state index in [9.17, 15) is 9.59 Å². The van der Waals surface area contributed by atoms with Gasteiger partial charge in [-0.05, 0) is 5.92 Å². The maximum Gasteiger partial charge on any atom is 0.213 e. The van der Waals surface area contributed by atoms with Crippen LogP contribution in [0.4, 0.5) is 0 Å². The molecule has 1 fully saturated rings. The van der Waals surface area contributed by atoms with E-state index < -0.39 is 0 Å². The number of Topliss-reactive ketones (excluding diaryl/α,β-unsaturated/α-hetero) is 1. The molecule has 4 nitrogen and oxygen atoms in total. The van der Waals surface area contributed by atoms with Crippen LogP contribution in [0.2, 0.25) is 0 Å². The van der Waals surface area contributed by atoms with Crippen molar-refractivity contribution < 1.29 is 9.59 Å². The average Bonchev–Trinajstić information content (AvgIpc) is 2.50. The number of hydrogen-bond donors (Lipinski definition) is 2. The van der Waals surface area contributed by atoms with E-state index in [-0.39, 0.29) is 17.9 Å². The number of nitrogens with one attached hydrogen (secondary N) is 2. The second kappa shape index (κ2) is 3.78. The van der Waals surface area contributed by atoms with Crippen LogP contribution in [-0.4, -0.2) is 30.8 Å². The van der Waals surface area contributed by atoms with Gasteiger partial charge in [0.1, 0.15) is 0 Å². The van der Waals surface area contributed by atoms with E-state index in [4.69, 9.17) is 0 Å². The van der Waals surface area contributed by atoms with Gasteiger partial charge < -0.3 is 0 Å². The van der Waals surface area contributed by atoms with E-state index >= 15 is 0 Å². The monoisotopic (exact) mass is 170 g/mol. The molecule has 0 aliphatic carbocycles. The number of aldehydes is 1. The molecule has 2 unspecified atom stereocenters. The number of rotatable bonds is 3. The first-order valence-electron chi connectivity index (χ1n) is 4.12. The maximum atomic E-state index is 11.1. The Labute approximate surface area is 71.7 Å². The summed E-state index contributed by atoms with van der Waals surface area (Å²) < 4.78 is 0. The van der Waals surface area contributed by atoms with Crippen molar-refractivity contribution in [3.63, 3.8) is 0 Å². The molecule has 0 aromatic rings. The van der Waals surface area contributed by atoms with Gasteiger partial charge in [-0.25, -0.2) is 0 Å². The third kappa shape index (κ3) is 1.70. The van der Waals surface area contributed by atoms with Crippen molar-refractivity contribution in [1.82, 2.24) is 10.6 Å². The van der Waals surface area contributed by atoms with Crippen LogP contribution in [-0.2, 0) is 9.59 Å². The fourth-order valence-electron chi connectivity index (χ4n) is 1.50. The lowest BCUT2D eigenvalue weighted by molar-refractivity contribution is -0.131. The summed E-state index contributed by atoms with van der Waals surface area (Å²) in [5.74, 6) is -0.00685. The molecular weight excluding hydrogens is 156 g/mol. The molecule has 68 valence electrons. The highest BCUT2D eigenvalue weighted by atomic mass is 16.2. The first kappa shape index (κ1) is 9.35. The number of ketones is 1. The van der Waals surface area contributed by atoms with Gasteiger partial charge in [0.25, 0.3) is 0 Å². The smallest absolute Gasteiger partial charge is 0.213 e. The summed E-state index contributed by atoms with van der Waals surface area (Å²) in [6.07, 6.45) is 0.389. The molecule has 2 atom stereocenters. The topological polar surface area (TPSA) is 58.2 Å². The van der Waals surface area contributed by atoms with Gasteiger partial charge >= 0.3 is 0 Å². The van der Waals surface area contributed by atoms with Gasteiger partial charge in [0.05, 0.1) is 6.04 Å². The SMILES string of the molecule is CC(C)C1NCNC1C(=O)C=O. The van der Waals surface area contributed by atoms with E-state index in [0.29, 0.717) is 18.9 Å². The minimum atomic E-state index is -0.362. The molecule has 0 amide bonds. The predicted octanol–water partition coefficient (Wildman–Crippen LogP) is -0.702. The standard InChI is InChI=1S/C8H14N2O2/c1-5(2)7-8(6(12)3-11)10-4-9-7/h3,5,7-10H,4H2,1-2H3. The summed E-state index contributed by atoms with van der Waals surface area (Å²) in [5, 5.41) is 6.08. The Kier molecular flexibility index (Phi) is 2.94. The van der Waals surface area contributed by atoms with Crippen LogP contribution < -0.4 is 10.6 Å². The molecule has 0 radical (unpaired) electrons. The van der Waals surface area contributed by atoms with Gasteiger partial charge in [0.15, 0.2) is 6.29 Å². The van der Waals surface area contributed by atoms with Gasteiger partial charge in [-0.2, -0.15) is 0 Å². The van der Waals surface area contributed by atoms with Crippen LogP contribution in [0.25, 0.3) is 0 Å². The zero-order chi connectivity index (χ0) is 9.14. The molecule has 0 aromatic heterocycles. The summed E-state index contributed by atoms with van der Waals surface area (Å²) in [6.45, 7) is 4.65. The fraction of sp³-hybridized carbons (Fsp3) is 0.750. The van der Waals surface area contributed by atoms with Crippen LogP contribution in [0.1, 0.15) is 13.8 Å². The minimum absolute atomic E-state index is 0.0858. The second-order valence-electron chi connectivity index (χ2n) is 3.35. The lowest BCUT2D eigenvalue weighted by Gasteiger charge is -2.19. The molecule has 1 heterocycles. The quantitative estimate of drug-likeness (QED) is 0.434. The van der Waals surface area contributed by atoms with Crippen LogP contribution in [0.5, 0.6) is 0 Å². The van der Waals surface area contributed by atoms with Crippen LogP contribution >= 0.6 is 0 Å². The Bertz CT molecular complexity index is 191. The van der Waals surface area contributed by atoms with Crippen molar-refractivity contribution >= 4 is 12.1 Å². The minimum Gasteiger partial charge on any atom is -0.299 e. The number of carbonyl (C=O) groups excluding carboxylic acids is 2. The average molecular weight is 170 g/mol. The molecule has 0 bridgehead atoms. The Hall–Kier alpha value is -0.740. The van der Waals surface area contributed by atoms with Gasteiger partial charge in [-0.3, -0.25) is 20.2 Å². The van der Waals surface area contributed by atoms with Gasteiger partial charge in [-0.1, -0.05) is 13.8 Å². The molecule has 0 saturated carbocycles. The molecular formula is C8H14N2O2. The summed E-state index contributed by atoms with van der Waals surface area (Å²) in [7, 11) is 0. The zero-order valence-corrected chi connectivity index (χ0v) is 7.33. The number of hydrogen-bond acceptors (Lipinski definition) is 4. The van der Waals surface area contributed by atoms with E-state index in [1.165, 1.54) is 0 Å². The Balaban J connectivity index is 2.63. The van der Waals surface area contributed by atoms with Crippen molar-refractivity contribution in [3.8, 4) is 0 Å². The second-order valence-corrected chi connectivity index (χ2v) is 3.35. The van der Waals surface area contributed by atoms with Gasteiger partial charge in [0.2, 0.25) is 5.78 Å². The Morgan fingerprint density at radius 3 is 2.67 bits per heavy atom. The summed E-state index contributed by atoms with van der Waals surface area (Å²) in [4.78, 5) is 21.3. The molecule has 1 aliphatic rings. The van der Waals surface area contributed by atoms with E-state index in [0.717, 1.165) is 0 Å². The van der Waals surface area contributed by atoms with Crippen LogP contribution in [0.3, 0.4) is 0 Å². The first-order chi connectivity index (χ1) is 5.66. The number of carbonyl (C=O) groups is 2. The lowest BCUT2D eigenvalue weighted by Crippen LogP contribution is -2.44. The first-order valence-corrected chi connectivity index (χ1v) is 4.12. The van der Waals surface area contributed by atoms with E-state index in [2.05, 4.69) is 10.6 Å². The molecule has 12 heavy (non-hydrogen) atoms.